The molecule has 0 aliphatic rings. The Labute approximate surface area is 115 Å². The molecule has 0 fully saturated rings. The predicted octanol–water partition coefficient (Wildman–Crippen LogP) is 4.82. The topological polar surface area (TPSA) is 28.7 Å². The molecule has 0 amide bonds. The highest BCUT2D eigenvalue weighted by molar-refractivity contribution is 5.89. The van der Waals surface area contributed by atoms with E-state index in [1.54, 1.807) is 0 Å². The van der Waals surface area contributed by atoms with Crippen molar-refractivity contribution in [3.8, 4) is 0 Å². The van der Waals surface area contributed by atoms with E-state index in [4.69, 9.17) is 0 Å². The van der Waals surface area contributed by atoms with Gasteiger partial charge in [0.05, 0.1) is 11.7 Å². The monoisotopic (exact) mass is 256 g/mol. The number of hydrogen-bond acceptors (Lipinski definition) is 1. The van der Waals surface area contributed by atoms with Crippen molar-refractivity contribution >= 4 is 17.0 Å². The quantitative estimate of drug-likeness (QED) is 0.838. The van der Waals surface area contributed by atoms with E-state index in [0.717, 1.165) is 11.9 Å². The van der Waals surface area contributed by atoms with Gasteiger partial charge >= 0.3 is 0 Å². The van der Waals surface area contributed by atoms with Gasteiger partial charge < -0.3 is 0 Å². The maximum Gasteiger partial charge on any atom is 0.0725 e. The average Bonchev–Trinajstić information content (AvgIpc) is 2.75. The fourth-order valence-corrected chi connectivity index (χ4v) is 2.21. The number of hydrogen-bond donors (Lipinski definition) is 1. The maximum absolute atomic E-state index is 4.22. The van der Waals surface area contributed by atoms with E-state index in [1.165, 1.54) is 16.5 Å². The zero-order valence-corrected chi connectivity index (χ0v) is 12.6. The normalized spacial score (nSPS) is 12.9. The lowest BCUT2D eigenvalue weighted by Crippen LogP contribution is -1.98. The predicted molar refractivity (Wildman–Crippen MR) is 83.1 cm³/mol. The molecule has 1 heterocycles. The van der Waals surface area contributed by atoms with Gasteiger partial charge in [-0.25, -0.2) is 0 Å². The van der Waals surface area contributed by atoms with Crippen LogP contribution in [0, 0.1) is 11.3 Å². The SMILES string of the molecule is CC(C)Cc1ccc(/C=C/C(C)(C)C)c2[nH]ncc12. The lowest BCUT2D eigenvalue weighted by atomic mass is 9.94. The van der Waals surface area contributed by atoms with Gasteiger partial charge in [0.1, 0.15) is 0 Å². The molecule has 1 aromatic carbocycles. The minimum Gasteiger partial charge on any atom is -0.277 e. The Hall–Kier alpha value is -1.57. The van der Waals surface area contributed by atoms with E-state index >= 15 is 0 Å². The van der Waals surface area contributed by atoms with Gasteiger partial charge in [-0.15, -0.1) is 0 Å². The standard InChI is InChI=1S/C17H24N2/c1-12(2)10-14-7-6-13(8-9-17(3,4)5)16-15(14)11-18-19-16/h6-9,11-12H,10H2,1-5H3,(H,18,19)/b9-8+. The van der Waals surface area contributed by atoms with Crippen molar-refractivity contribution in [2.24, 2.45) is 11.3 Å². The van der Waals surface area contributed by atoms with Crippen molar-refractivity contribution < 1.29 is 0 Å². The fraction of sp³-hybridized carbons (Fsp3) is 0.471. The summed E-state index contributed by atoms with van der Waals surface area (Å²) in [6.45, 7) is 11.1. The second-order valence-corrected chi connectivity index (χ2v) is 6.77. The smallest absolute Gasteiger partial charge is 0.0725 e. The molecule has 1 N–H and O–H groups in total. The number of nitrogens with one attached hydrogen (secondary N) is 1. The Morgan fingerprint density at radius 2 is 2.00 bits per heavy atom. The molecule has 0 aliphatic carbocycles. The van der Waals surface area contributed by atoms with Crippen molar-refractivity contribution in [1.82, 2.24) is 10.2 Å². The molecule has 2 rings (SSSR count). The minimum atomic E-state index is 0.197. The van der Waals surface area contributed by atoms with Crippen LogP contribution in [0.15, 0.2) is 24.4 Å². The molecule has 0 saturated carbocycles. The molecule has 0 radical (unpaired) electrons. The molecule has 19 heavy (non-hydrogen) atoms. The van der Waals surface area contributed by atoms with Crippen molar-refractivity contribution in [2.45, 2.75) is 41.0 Å². The van der Waals surface area contributed by atoms with E-state index in [2.05, 4.69) is 69.1 Å². The third kappa shape index (κ3) is 3.46. The molecule has 2 aromatic rings. The number of aromatic amines is 1. The number of rotatable bonds is 3. The molecule has 0 spiro atoms. The maximum atomic E-state index is 4.22. The molecule has 0 atom stereocenters. The van der Waals surface area contributed by atoms with Gasteiger partial charge in [0.25, 0.3) is 0 Å². The number of nitrogens with zero attached hydrogens (tertiary/aromatic N) is 1. The van der Waals surface area contributed by atoms with E-state index in [9.17, 15) is 0 Å². The second kappa shape index (κ2) is 5.20. The number of fused-ring (bicyclic) bond motifs is 1. The van der Waals surface area contributed by atoms with E-state index < -0.39 is 0 Å². The first-order valence-electron chi connectivity index (χ1n) is 7.01. The molecule has 0 bridgehead atoms. The fourth-order valence-electron chi connectivity index (χ4n) is 2.21. The first-order chi connectivity index (χ1) is 8.87. The van der Waals surface area contributed by atoms with Crippen LogP contribution in [0.3, 0.4) is 0 Å². The van der Waals surface area contributed by atoms with Crippen LogP contribution in [0.1, 0.15) is 45.7 Å². The summed E-state index contributed by atoms with van der Waals surface area (Å²) >= 11 is 0. The number of aromatic nitrogens is 2. The molecule has 0 saturated heterocycles. The number of benzene rings is 1. The first-order valence-corrected chi connectivity index (χ1v) is 7.01. The highest BCUT2D eigenvalue weighted by Gasteiger charge is 2.09. The lowest BCUT2D eigenvalue weighted by Gasteiger charge is -2.12. The minimum absolute atomic E-state index is 0.197. The molecule has 0 unspecified atom stereocenters. The summed E-state index contributed by atoms with van der Waals surface area (Å²) in [5.41, 5.74) is 3.95. The van der Waals surface area contributed by atoms with Gasteiger partial charge in [0, 0.05) is 5.39 Å². The van der Waals surface area contributed by atoms with Gasteiger partial charge in [-0.2, -0.15) is 5.10 Å². The van der Waals surface area contributed by atoms with Crippen LogP contribution in [0.4, 0.5) is 0 Å². The summed E-state index contributed by atoms with van der Waals surface area (Å²) in [4.78, 5) is 0. The van der Waals surface area contributed by atoms with Crippen LogP contribution in [-0.4, -0.2) is 10.2 Å². The zero-order valence-electron chi connectivity index (χ0n) is 12.6. The molecule has 102 valence electrons. The Kier molecular flexibility index (Phi) is 3.79. The largest absolute Gasteiger partial charge is 0.277 e. The van der Waals surface area contributed by atoms with Gasteiger partial charge in [0.2, 0.25) is 0 Å². The summed E-state index contributed by atoms with van der Waals surface area (Å²) in [6.07, 6.45) is 7.48. The van der Waals surface area contributed by atoms with Gasteiger partial charge in [-0.05, 0) is 28.9 Å². The van der Waals surface area contributed by atoms with Gasteiger partial charge in [0.15, 0.2) is 0 Å². The highest BCUT2D eigenvalue weighted by atomic mass is 15.1. The highest BCUT2D eigenvalue weighted by Crippen LogP contribution is 2.25. The summed E-state index contributed by atoms with van der Waals surface area (Å²) in [5.74, 6) is 0.661. The summed E-state index contributed by atoms with van der Waals surface area (Å²) in [6, 6.07) is 4.43. The number of allylic oxidation sites excluding steroid dienone is 1. The van der Waals surface area contributed by atoms with Gasteiger partial charge in [-0.3, -0.25) is 5.10 Å². The zero-order chi connectivity index (χ0) is 14.0. The summed E-state index contributed by atoms with van der Waals surface area (Å²) in [7, 11) is 0. The van der Waals surface area contributed by atoms with Crippen LogP contribution in [0.2, 0.25) is 0 Å². The third-order valence-electron chi connectivity index (χ3n) is 3.13. The van der Waals surface area contributed by atoms with Crippen molar-refractivity contribution in [3.05, 3.63) is 35.5 Å². The summed E-state index contributed by atoms with van der Waals surface area (Å²) in [5, 5.41) is 8.61. The Morgan fingerprint density at radius 1 is 1.26 bits per heavy atom. The van der Waals surface area contributed by atoms with E-state index in [0.29, 0.717) is 5.92 Å². The molecule has 2 nitrogen and oxygen atoms in total. The molecule has 2 heteroatoms. The van der Waals surface area contributed by atoms with Crippen molar-refractivity contribution in [2.75, 3.05) is 0 Å². The Balaban J connectivity index is 2.43. The number of H-pyrrole nitrogens is 1. The van der Waals surface area contributed by atoms with Crippen LogP contribution in [0.25, 0.3) is 17.0 Å². The van der Waals surface area contributed by atoms with Crippen molar-refractivity contribution in [1.29, 1.82) is 0 Å². The van der Waals surface area contributed by atoms with Crippen molar-refractivity contribution in [3.63, 3.8) is 0 Å². The van der Waals surface area contributed by atoms with Crippen LogP contribution < -0.4 is 0 Å². The molecule has 0 aliphatic heterocycles. The third-order valence-corrected chi connectivity index (χ3v) is 3.13. The van der Waals surface area contributed by atoms with Crippen LogP contribution in [0.5, 0.6) is 0 Å². The molecule has 1 aromatic heterocycles. The Morgan fingerprint density at radius 3 is 2.63 bits per heavy atom. The van der Waals surface area contributed by atoms with E-state index in [-0.39, 0.29) is 5.41 Å². The molecular weight excluding hydrogens is 232 g/mol. The van der Waals surface area contributed by atoms with Crippen LogP contribution in [-0.2, 0) is 6.42 Å². The Bertz CT molecular complexity index is 583. The lowest BCUT2D eigenvalue weighted by molar-refractivity contribution is 0.547. The molecular formula is C17H24N2. The second-order valence-electron chi connectivity index (χ2n) is 6.77. The average molecular weight is 256 g/mol. The van der Waals surface area contributed by atoms with Crippen LogP contribution >= 0.6 is 0 Å². The summed E-state index contributed by atoms with van der Waals surface area (Å²) < 4.78 is 0. The van der Waals surface area contributed by atoms with Gasteiger partial charge in [-0.1, -0.05) is 58.9 Å². The first kappa shape index (κ1) is 13.9. The van der Waals surface area contributed by atoms with E-state index in [1.807, 2.05) is 6.20 Å².